The van der Waals surface area contributed by atoms with Crippen molar-refractivity contribution >= 4 is 65.0 Å². The zero-order chi connectivity index (χ0) is 64.4. The molecule has 0 aromatic carbocycles. The first kappa shape index (κ1) is 74.9. The van der Waals surface area contributed by atoms with E-state index in [2.05, 4.69) is 21.3 Å². The molecule has 1 aliphatic heterocycles. The van der Waals surface area contributed by atoms with Gasteiger partial charge in [0.05, 0.1) is 18.6 Å². The van der Waals surface area contributed by atoms with Gasteiger partial charge in [-0.1, -0.05) is 102 Å². The summed E-state index contributed by atoms with van der Waals surface area (Å²) in [7, 11) is 9.86. The lowest BCUT2D eigenvalue weighted by Gasteiger charge is -2.41. The molecule has 1 heterocycles. The van der Waals surface area contributed by atoms with Crippen molar-refractivity contribution < 1.29 is 57.8 Å². The quantitative estimate of drug-likeness (QED) is 0.167. The number of rotatable bonds is 13. The molecule has 1 saturated heterocycles. The molecule has 474 valence electrons. The number of allylic oxidation sites excluding steroid dienone is 2. The van der Waals surface area contributed by atoms with Gasteiger partial charge < -0.3 is 60.7 Å². The van der Waals surface area contributed by atoms with Gasteiger partial charge >= 0.3 is 0 Å². The van der Waals surface area contributed by atoms with Crippen LogP contribution < -0.4 is 21.3 Å². The van der Waals surface area contributed by atoms with Crippen molar-refractivity contribution in [1.82, 2.24) is 55.6 Å². The summed E-state index contributed by atoms with van der Waals surface area (Å²) in [6, 6.07) is -10.9. The number of carbonyl (C=O) groups is 11. The second-order valence-electron chi connectivity index (χ2n) is 25.0. The van der Waals surface area contributed by atoms with Crippen molar-refractivity contribution in [1.29, 1.82) is 0 Å². The van der Waals surface area contributed by atoms with Gasteiger partial charge in [0.25, 0.3) is 0 Å². The van der Waals surface area contributed by atoms with Crippen molar-refractivity contribution in [3.05, 3.63) is 12.2 Å². The van der Waals surface area contributed by atoms with E-state index in [1.165, 1.54) is 87.7 Å². The topological polar surface area (TPSA) is 279 Å². The summed E-state index contributed by atoms with van der Waals surface area (Å²) < 4.78 is 0. The average molecular weight is 1170 g/mol. The van der Waals surface area contributed by atoms with E-state index >= 15 is 4.79 Å². The molecule has 23 heteroatoms. The van der Waals surface area contributed by atoms with Gasteiger partial charge in [0.1, 0.15) is 54.4 Å². The standard InChI is InChI=1S/C60H107N11O12/c1-24-26-27-38(13)50(73)49-54(77)63-42(25-2)57(80)65(17)32-46(72)67(19)44(29-34(5)6)53(76)64-47(36(9)10)59(82)68(20)43(28-33(3)4)52(75)61-31-39(14)51(74)62-40(15)55(78)66(18)41(16)56(79)69(21)45(30-35(7)8)58(81)70(22)48(37(11)12)60(83)71(49)23/h24,26,33-45,47-50,73H,25,27-32H2,1-23H3,(H,61,75)(H,62,74)(H,63,77)(H,64,76). The Morgan fingerprint density at radius 3 is 1.49 bits per heavy atom. The van der Waals surface area contributed by atoms with Crippen molar-refractivity contribution in [2.24, 2.45) is 41.4 Å². The summed E-state index contributed by atoms with van der Waals surface area (Å²) in [5.41, 5.74) is 0. The molecule has 11 amide bonds. The van der Waals surface area contributed by atoms with Crippen LogP contribution >= 0.6 is 0 Å². The molecule has 0 aliphatic carbocycles. The Hall–Kier alpha value is -6.13. The molecule has 0 radical (unpaired) electrons. The third-order valence-corrected chi connectivity index (χ3v) is 15.8. The predicted octanol–water partition coefficient (Wildman–Crippen LogP) is 2.49. The summed E-state index contributed by atoms with van der Waals surface area (Å²) in [6.07, 6.45) is 2.96. The maximum absolute atomic E-state index is 15.0. The summed E-state index contributed by atoms with van der Waals surface area (Å²) in [5.74, 6) is -10.0. The molecule has 5 N–H and O–H groups in total. The highest BCUT2D eigenvalue weighted by molar-refractivity contribution is 5.99. The predicted molar refractivity (Wildman–Crippen MR) is 319 cm³/mol. The molecule has 1 fully saturated rings. The lowest BCUT2D eigenvalue weighted by atomic mass is 9.91. The summed E-state index contributed by atoms with van der Waals surface area (Å²) in [4.78, 5) is 166. The molecular formula is C60H107N11O12. The van der Waals surface area contributed by atoms with E-state index in [0.29, 0.717) is 6.42 Å². The Morgan fingerprint density at radius 1 is 0.518 bits per heavy atom. The van der Waals surface area contributed by atoms with Crippen LogP contribution in [0.4, 0.5) is 0 Å². The summed E-state index contributed by atoms with van der Waals surface area (Å²) in [6.45, 7) is 27.1. The highest BCUT2D eigenvalue weighted by atomic mass is 16.3. The highest BCUT2D eigenvalue weighted by Gasteiger charge is 2.45. The largest absolute Gasteiger partial charge is 0.390 e. The number of hydrogen-bond donors (Lipinski definition) is 5. The van der Waals surface area contributed by atoms with Gasteiger partial charge in [-0.2, -0.15) is 0 Å². The Morgan fingerprint density at radius 2 is 1.01 bits per heavy atom. The molecule has 83 heavy (non-hydrogen) atoms. The van der Waals surface area contributed by atoms with Gasteiger partial charge in [-0.15, -0.1) is 0 Å². The zero-order valence-electron chi connectivity index (χ0n) is 54.5. The number of likely N-dealkylation sites (N-methyl/N-ethyl adjacent to an activating group) is 7. The fraction of sp³-hybridized carbons (Fsp3) is 0.783. The summed E-state index contributed by atoms with van der Waals surface area (Å²) >= 11 is 0. The molecule has 1 rings (SSSR count). The molecule has 12 unspecified atom stereocenters. The van der Waals surface area contributed by atoms with E-state index in [4.69, 9.17) is 0 Å². The maximum atomic E-state index is 15.0. The normalized spacial score (nSPS) is 27.3. The van der Waals surface area contributed by atoms with Crippen LogP contribution in [0.1, 0.15) is 143 Å². The first-order valence-electron chi connectivity index (χ1n) is 29.6. The Labute approximate surface area is 496 Å². The first-order chi connectivity index (χ1) is 38.3. The zero-order valence-corrected chi connectivity index (χ0v) is 54.5. The Balaban J connectivity index is 4.17. The van der Waals surface area contributed by atoms with Crippen LogP contribution in [-0.4, -0.2) is 227 Å². The van der Waals surface area contributed by atoms with Crippen LogP contribution in [0.15, 0.2) is 12.2 Å². The number of aliphatic hydroxyl groups excluding tert-OH is 1. The smallest absolute Gasteiger partial charge is 0.246 e. The third kappa shape index (κ3) is 20.9. The molecule has 1 aliphatic rings. The third-order valence-electron chi connectivity index (χ3n) is 15.8. The van der Waals surface area contributed by atoms with Crippen LogP contribution in [-0.2, 0) is 52.7 Å². The number of nitrogens with one attached hydrogen (secondary N) is 4. The van der Waals surface area contributed by atoms with Crippen molar-refractivity contribution in [3.63, 3.8) is 0 Å². The van der Waals surface area contributed by atoms with Crippen molar-refractivity contribution in [2.45, 2.75) is 203 Å². The second kappa shape index (κ2) is 34.0. The summed E-state index contributed by atoms with van der Waals surface area (Å²) in [5, 5.41) is 23.1. The fourth-order valence-corrected chi connectivity index (χ4v) is 10.2. The number of aliphatic hydroxyl groups is 1. The molecule has 0 saturated carbocycles. The second-order valence-corrected chi connectivity index (χ2v) is 25.0. The van der Waals surface area contributed by atoms with Gasteiger partial charge in [0, 0.05) is 55.9 Å². The maximum Gasteiger partial charge on any atom is 0.246 e. The van der Waals surface area contributed by atoms with Crippen LogP contribution in [0.25, 0.3) is 0 Å². The molecule has 0 bridgehead atoms. The average Bonchev–Trinajstić information content (AvgIpc) is 3.60. The van der Waals surface area contributed by atoms with Crippen LogP contribution in [0.5, 0.6) is 0 Å². The molecule has 0 spiro atoms. The monoisotopic (exact) mass is 1170 g/mol. The number of nitrogens with zero attached hydrogens (tertiary/aromatic N) is 7. The molecular weight excluding hydrogens is 1070 g/mol. The minimum Gasteiger partial charge on any atom is -0.390 e. The SMILES string of the molecule is CC=CCC(C)C(O)C1C(=O)NC(CC)C(=O)N(C)CC(=O)N(C)C(CC(C)C)C(=O)NC(C(C)C)C(=O)N(C)C(CC(C)C)C(=O)NCC(C)C(=O)NC(C)C(=O)N(C)C(C)C(=O)N(C)C(CC(C)C)C(=O)N(C)C(C(C)C)C(=O)N1C. The lowest BCUT2D eigenvalue weighted by Crippen LogP contribution is -2.63. The fourth-order valence-electron chi connectivity index (χ4n) is 10.2. The Kier molecular flexibility index (Phi) is 30.7. The van der Waals surface area contributed by atoms with E-state index in [0.717, 1.165) is 9.80 Å². The lowest BCUT2D eigenvalue weighted by molar-refractivity contribution is -0.157. The number of amides is 11. The van der Waals surface area contributed by atoms with Gasteiger partial charge in [-0.05, 0) is 88.4 Å². The number of hydrogen-bond acceptors (Lipinski definition) is 12. The molecule has 0 aromatic rings. The van der Waals surface area contributed by atoms with Gasteiger partial charge in [0.2, 0.25) is 65.0 Å². The minimum absolute atomic E-state index is 0.0251. The van der Waals surface area contributed by atoms with Crippen molar-refractivity contribution in [2.75, 3.05) is 62.4 Å². The first-order valence-corrected chi connectivity index (χ1v) is 29.6. The van der Waals surface area contributed by atoms with Gasteiger partial charge in [-0.25, -0.2) is 0 Å². The number of carbonyl (C=O) groups excluding carboxylic acids is 11. The van der Waals surface area contributed by atoms with E-state index in [1.807, 2.05) is 41.5 Å². The van der Waals surface area contributed by atoms with Gasteiger partial charge in [-0.3, -0.25) is 52.7 Å². The van der Waals surface area contributed by atoms with Crippen LogP contribution in [0.2, 0.25) is 0 Å². The van der Waals surface area contributed by atoms with E-state index in [9.17, 15) is 53.1 Å². The molecule has 0 aromatic heterocycles. The van der Waals surface area contributed by atoms with Crippen molar-refractivity contribution in [3.8, 4) is 0 Å². The Bertz CT molecular complexity index is 2270. The van der Waals surface area contributed by atoms with E-state index in [-0.39, 0.29) is 50.0 Å². The molecule has 12 atom stereocenters. The van der Waals surface area contributed by atoms with E-state index < -0.39 is 156 Å². The minimum atomic E-state index is -1.61. The molecule has 23 nitrogen and oxygen atoms in total. The highest BCUT2D eigenvalue weighted by Crippen LogP contribution is 2.25. The van der Waals surface area contributed by atoms with Gasteiger partial charge in [0.15, 0.2) is 0 Å². The van der Waals surface area contributed by atoms with E-state index in [1.54, 1.807) is 67.5 Å². The van der Waals surface area contributed by atoms with Crippen LogP contribution in [0.3, 0.4) is 0 Å². The van der Waals surface area contributed by atoms with Crippen LogP contribution in [0, 0.1) is 41.4 Å².